The van der Waals surface area contributed by atoms with Crippen molar-refractivity contribution in [3.8, 4) is 5.75 Å². The van der Waals surface area contributed by atoms with Crippen LogP contribution >= 0.6 is 11.6 Å². The summed E-state index contributed by atoms with van der Waals surface area (Å²) in [6, 6.07) is 9.12. The number of carbonyl (C=O) groups is 2. The molecule has 2 N–H and O–H groups in total. The van der Waals surface area contributed by atoms with E-state index in [0.717, 1.165) is 0 Å². The maximum Gasteiger partial charge on any atom is 0.337 e. The highest BCUT2D eigenvalue weighted by Gasteiger charge is 2.25. The summed E-state index contributed by atoms with van der Waals surface area (Å²) in [7, 11) is -2.81. The minimum Gasteiger partial charge on any atom is -0.492 e. The molecule has 2 aromatic carbocycles. The average molecular weight is 441 g/mol. The molecular weight excluding hydrogens is 420 g/mol. The van der Waals surface area contributed by atoms with Gasteiger partial charge in [-0.25, -0.2) is 13.2 Å². The fourth-order valence-corrected chi connectivity index (χ4v) is 3.98. The topological polar surface area (TPSA) is 111 Å². The average Bonchev–Trinajstić information content (AvgIpc) is 2.69. The standard InChI is InChI=1S/C19H21ClN2O6S/c1-4-28-16-10-7-14(20)11-17(16)29(25,26)22-12(2)18(23)21-15-8-5-13(6-9-15)19(24)27-3/h5-12,22H,4H2,1-3H3,(H,21,23). The number of benzene rings is 2. The zero-order valence-electron chi connectivity index (χ0n) is 16.1. The number of methoxy groups -OCH3 is 1. The number of hydrogen-bond acceptors (Lipinski definition) is 6. The van der Waals surface area contributed by atoms with Crippen LogP contribution in [0.1, 0.15) is 24.2 Å². The van der Waals surface area contributed by atoms with Crippen LogP contribution in [0.3, 0.4) is 0 Å². The molecule has 0 aliphatic carbocycles. The number of amides is 1. The third kappa shape index (κ3) is 5.93. The Labute approximate surface area is 174 Å². The van der Waals surface area contributed by atoms with Gasteiger partial charge in [0.1, 0.15) is 10.6 Å². The van der Waals surface area contributed by atoms with Crippen molar-refractivity contribution in [3.63, 3.8) is 0 Å². The Morgan fingerprint density at radius 2 is 1.79 bits per heavy atom. The number of nitrogens with one attached hydrogen (secondary N) is 2. The third-order valence-corrected chi connectivity index (χ3v) is 5.59. The molecule has 8 nitrogen and oxygen atoms in total. The summed E-state index contributed by atoms with van der Waals surface area (Å²) in [5.41, 5.74) is 0.718. The second-order valence-electron chi connectivity index (χ2n) is 5.93. The van der Waals surface area contributed by atoms with Crippen LogP contribution in [0, 0.1) is 0 Å². The van der Waals surface area contributed by atoms with Crippen molar-refractivity contribution >= 4 is 39.2 Å². The molecule has 0 fully saturated rings. The molecule has 0 radical (unpaired) electrons. The normalized spacial score (nSPS) is 12.1. The number of esters is 1. The Kier molecular flexibility index (Phi) is 7.60. The molecule has 29 heavy (non-hydrogen) atoms. The lowest BCUT2D eigenvalue weighted by molar-refractivity contribution is -0.117. The van der Waals surface area contributed by atoms with Gasteiger partial charge in [-0.15, -0.1) is 0 Å². The van der Waals surface area contributed by atoms with E-state index in [0.29, 0.717) is 11.3 Å². The van der Waals surface area contributed by atoms with Crippen LogP contribution in [-0.2, 0) is 19.6 Å². The first-order chi connectivity index (χ1) is 13.7. The van der Waals surface area contributed by atoms with Gasteiger partial charge < -0.3 is 14.8 Å². The first kappa shape index (κ1) is 22.7. The minimum absolute atomic E-state index is 0.135. The van der Waals surface area contributed by atoms with Crippen molar-refractivity contribution in [2.45, 2.75) is 24.8 Å². The summed E-state index contributed by atoms with van der Waals surface area (Å²) < 4.78 is 37.7. The van der Waals surface area contributed by atoms with E-state index < -0.39 is 27.9 Å². The molecule has 10 heteroatoms. The van der Waals surface area contributed by atoms with Crippen molar-refractivity contribution in [2.24, 2.45) is 0 Å². The predicted molar refractivity (Wildman–Crippen MR) is 109 cm³/mol. The van der Waals surface area contributed by atoms with Gasteiger partial charge in [0.15, 0.2) is 0 Å². The Balaban J connectivity index is 2.12. The molecule has 0 aliphatic heterocycles. The molecule has 2 rings (SSSR count). The second kappa shape index (κ2) is 9.73. The van der Waals surface area contributed by atoms with Crippen molar-refractivity contribution in [1.29, 1.82) is 0 Å². The number of anilines is 1. The molecule has 156 valence electrons. The number of hydrogen-bond donors (Lipinski definition) is 2. The largest absolute Gasteiger partial charge is 0.492 e. The summed E-state index contributed by atoms with van der Waals surface area (Å²) in [6.45, 7) is 3.39. The summed E-state index contributed by atoms with van der Waals surface area (Å²) >= 11 is 5.91. The van der Waals surface area contributed by atoms with Gasteiger partial charge in [-0.3, -0.25) is 4.79 Å². The molecular formula is C19H21ClN2O6S. The predicted octanol–water partition coefficient (Wildman–Crippen LogP) is 2.83. The van der Waals surface area contributed by atoms with E-state index in [9.17, 15) is 18.0 Å². The third-order valence-electron chi connectivity index (χ3n) is 3.79. The van der Waals surface area contributed by atoms with Crippen LogP contribution in [0.5, 0.6) is 5.75 Å². The van der Waals surface area contributed by atoms with E-state index >= 15 is 0 Å². The molecule has 1 amide bonds. The summed E-state index contributed by atoms with van der Waals surface area (Å²) in [5, 5.41) is 2.79. The second-order valence-corrected chi connectivity index (χ2v) is 8.04. The van der Waals surface area contributed by atoms with Crippen LogP contribution in [-0.4, -0.2) is 40.1 Å². The molecule has 0 spiro atoms. The number of halogens is 1. The summed E-state index contributed by atoms with van der Waals surface area (Å²) in [5.74, 6) is -0.953. The molecule has 1 unspecified atom stereocenters. The molecule has 0 saturated heterocycles. The van der Waals surface area contributed by atoms with Gasteiger partial charge in [0.25, 0.3) is 0 Å². The lowest BCUT2D eigenvalue weighted by Gasteiger charge is -2.16. The lowest BCUT2D eigenvalue weighted by atomic mass is 10.2. The maximum absolute atomic E-state index is 12.7. The Bertz CT molecular complexity index is 992. The summed E-state index contributed by atoms with van der Waals surface area (Å²) in [4.78, 5) is 23.7. The van der Waals surface area contributed by atoms with Crippen LogP contribution in [0.25, 0.3) is 0 Å². The number of sulfonamides is 1. The Morgan fingerprint density at radius 3 is 2.38 bits per heavy atom. The number of carbonyl (C=O) groups excluding carboxylic acids is 2. The Morgan fingerprint density at radius 1 is 1.14 bits per heavy atom. The van der Waals surface area contributed by atoms with E-state index in [1.165, 1.54) is 56.5 Å². The fraction of sp³-hybridized carbons (Fsp3) is 0.263. The monoisotopic (exact) mass is 440 g/mol. The molecule has 0 aromatic heterocycles. The van der Waals surface area contributed by atoms with E-state index in [-0.39, 0.29) is 22.3 Å². The Hall–Kier alpha value is -2.62. The van der Waals surface area contributed by atoms with Crippen LogP contribution in [0.4, 0.5) is 5.69 Å². The van der Waals surface area contributed by atoms with Crippen molar-refractivity contribution in [1.82, 2.24) is 4.72 Å². The van der Waals surface area contributed by atoms with E-state index in [1.807, 2.05) is 0 Å². The van der Waals surface area contributed by atoms with E-state index in [2.05, 4.69) is 14.8 Å². The molecule has 0 saturated carbocycles. The zero-order valence-corrected chi connectivity index (χ0v) is 17.6. The van der Waals surface area contributed by atoms with Gasteiger partial charge in [-0.2, -0.15) is 4.72 Å². The minimum atomic E-state index is -4.07. The molecule has 1 atom stereocenters. The highest BCUT2D eigenvalue weighted by atomic mass is 35.5. The van der Waals surface area contributed by atoms with Crippen molar-refractivity contribution in [2.75, 3.05) is 19.0 Å². The van der Waals surface area contributed by atoms with Gasteiger partial charge in [0.05, 0.1) is 25.3 Å². The van der Waals surface area contributed by atoms with E-state index in [4.69, 9.17) is 16.3 Å². The van der Waals surface area contributed by atoms with E-state index in [1.54, 1.807) is 6.92 Å². The molecule has 2 aromatic rings. The van der Waals surface area contributed by atoms with Gasteiger partial charge in [0.2, 0.25) is 15.9 Å². The van der Waals surface area contributed by atoms with Crippen molar-refractivity contribution < 1.29 is 27.5 Å². The maximum atomic E-state index is 12.7. The molecule has 0 bridgehead atoms. The van der Waals surface area contributed by atoms with Crippen molar-refractivity contribution in [3.05, 3.63) is 53.1 Å². The lowest BCUT2D eigenvalue weighted by Crippen LogP contribution is -2.41. The molecule has 0 aliphatic rings. The first-order valence-electron chi connectivity index (χ1n) is 8.62. The zero-order chi connectivity index (χ0) is 21.6. The molecule has 0 heterocycles. The van der Waals surface area contributed by atoms with Crippen LogP contribution in [0.15, 0.2) is 47.4 Å². The van der Waals surface area contributed by atoms with Crippen LogP contribution in [0.2, 0.25) is 5.02 Å². The van der Waals surface area contributed by atoms with Crippen LogP contribution < -0.4 is 14.8 Å². The highest BCUT2D eigenvalue weighted by molar-refractivity contribution is 7.89. The SMILES string of the molecule is CCOc1ccc(Cl)cc1S(=O)(=O)NC(C)C(=O)Nc1ccc(C(=O)OC)cc1. The van der Waals surface area contributed by atoms with Gasteiger partial charge in [-0.1, -0.05) is 11.6 Å². The van der Waals surface area contributed by atoms with Gasteiger partial charge in [0, 0.05) is 10.7 Å². The van der Waals surface area contributed by atoms with Gasteiger partial charge >= 0.3 is 5.97 Å². The number of ether oxygens (including phenoxy) is 2. The van der Waals surface area contributed by atoms with Gasteiger partial charge in [-0.05, 0) is 56.3 Å². The fourth-order valence-electron chi connectivity index (χ4n) is 2.37. The first-order valence-corrected chi connectivity index (χ1v) is 10.5. The summed E-state index contributed by atoms with van der Waals surface area (Å²) in [6.07, 6.45) is 0. The number of rotatable bonds is 8. The quantitative estimate of drug-likeness (QED) is 0.610. The highest BCUT2D eigenvalue weighted by Crippen LogP contribution is 2.27. The smallest absolute Gasteiger partial charge is 0.337 e.